The predicted molar refractivity (Wildman–Crippen MR) is 75.6 cm³/mol. The van der Waals surface area contributed by atoms with Crippen molar-refractivity contribution in [3.05, 3.63) is 35.9 Å². The normalized spacial score (nSPS) is 18.7. The van der Waals surface area contributed by atoms with Crippen LogP contribution in [0.2, 0.25) is 0 Å². The molecule has 0 aromatic heterocycles. The summed E-state index contributed by atoms with van der Waals surface area (Å²) in [5.74, 6) is 0. The van der Waals surface area contributed by atoms with Crippen LogP contribution in [0.25, 0.3) is 0 Å². The van der Waals surface area contributed by atoms with Crippen molar-refractivity contribution in [2.75, 3.05) is 6.61 Å². The Morgan fingerprint density at radius 3 is 2.61 bits per heavy atom. The van der Waals surface area contributed by atoms with Crippen LogP contribution in [0.15, 0.2) is 30.3 Å². The van der Waals surface area contributed by atoms with Crippen molar-refractivity contribution < 1.29 is 4.74 Å². The first-order chi connectivity index (χ1) is 8.84. The SMILES string of the molecule is C[C@@H](COC1CCCCC1)NCc1ccccc1. The van der Waals surface area contributed by atoms with Gasteiger partial charge in [-0.3, -0.25) is 0 Å². The van der Waals surface area contributed by atoms with E-state index in [1.807, 2.05) is 0 Å². The van der Waals surface area contributed by atoms with Crippen LogP contribution in [0.1, 0.15) is 44.6 Å². The molecule has 1 atom stereocenters. The lowest BCUT2D eigenvalue weighted by molar-refractivity contribution is 0.0180. The second-order valence-corrected chi connectivity index (χ2v) is 5.36. The lowest BCUT2D eigenvalue weighted by atomic mass is 9.98. The summed E-state index contributed by atoms with van der Waals surface area (Å²) in [6.07, 6.45) is 7.10. The highest BCUT2D eigenvalue weighted by Gasteiger charge is 2.14. The summed E-state index contributed by atoms with van der Waals surface area (Å²) < 4.78 is 5.97. The standard InChI is InChI=1S/C16H25NO/c1-14(13-18-16-10-6-3-7-11-16)17-12-15-8-4-2-5-9-15/h2,4-5,8-9,14,16-17H,3,6-7,10-13H2,1H3/t14-/m0/s1. The molecule has 1 aromatic rings. The molecule has 0 unspecified atom stereocenters. The predicted octanol–water partition coefficient (Wildman–Crippen LogP) is 3.51. The first-order valence-corrected chi connectivity index (χ1v) is 7.23. The lowest BCUT2D eigenvalue weighted by Crippen LogP contribution is -2.32. The quantitative estimate of drug-likeness (QED) is 0.830. The Balaban J connectivity index is 1.61. The molecule has 100 valence electrons. The van der Waals surface area contributed by atoms with Crippen molar-refractivity contribution in [3.8, 4) is 0 Å². The fourth-order valence-corrected chi connectivity index (χ4v) is 2.46. The van der Waals surface area contributed by atoms with Crippen LogP contribution in [0, 0.1) is 0 Å². The van der Waals surface area contributed by atoms with E-state index in [4.69, 9.17) is 4.74 Å². The smallest absolute Gasteiger partial charge is 0.0620 e. The summed E-state index contributed by atoms with van der Waals surface area (Å²) in [5.41, 5.74) is 1.34. The maximum Gasteiger partial charge on any atom is 0.0620 e. The summed E-state index contributed by atoms with van der Waals surface area (Å²) in [6.45, 7) is 3.96. The Morgan fingerprint density at radius 1 is 1.17 bits per heavy atom. The zero-order chi connectivity index (χ0) is 12.6. The van der Waals surface area contributed by atoms with Crippen LogP contribution in [0.3, 0.4) is 0 Å². The third kappa shape index (κ3) is 4.79. The molecule has 0 saturated heterocycles. The Morgan fingerprint density at radius 2 is 1.89 bits per heavy atom. The molecule has 0 amide bonds. The molecular formula is C16H25NO. The van der Waals surface area contributed by atoms with Gasteiger partial charge < -0.3 is 10.1 Å². The fraction of sp³-hybridized carbons (Fsp3) is 0.625. The Bertz CT molecular complexity index is 319. The van der Waals surface area contributed by atoms with E-state index in [2.05, 4.69) is 42.6 Å². The third-order valence-electron chi connectivity index (χ3n) is 3.63. The number of hydrogen-bond donors (Lipinski definition) is 1. The molecule has 1 aliphatic rings. The van der Waals surface area contributed by atoms with Gasteiger partial charge in [0, 0.05) is 12.6 Å². The largest absolute Gasteiger partial charge is 0.377 e. The van der Waals surface area contributed by atoms with E-state index >= 15 is 0 Å². The number of benzene rings is 1. The van der Waals surface area contributed by atoms with Crippen molar-refractivity contribution in [1.29, 1.82) is 0 Å². The first-order valence-electron chi connectivity index (χ1n) is 7.23. The highest BCUT2D eigenvalue weighted by molar-refractivity contribution is 5.14. The Hall–Kier alpha value is -0.860. The minimum Gasteiger partial charge on any atom is -0.377 e. The second kappa shape index (κ2) is 7.55. The summed E-state index contributed by atoms with van der Waals surface area (Å²) in [4.78, 5) is 0. The highest BCUT2D eigenvalue weighted by atomic mass is 16.5. The van der Waals surface area contributed by atoms with Crippen molar-refractivity contribution in [3.63, 3.8) is 0 Å². The molecule has 1 saturated carbocycles. The molecular weight excluding hydrogens is 222 g/mol. The van der Waals surface area contributed by atoms with Gasteiger partial charge in [0.1, 0.15) is 0 Å². The molecule has 0 aliphatic heterocycles. The number of rotatable bonds is 6. The minimum atomic E-state index is 0.423. The van der Waals surface area contributed by atoms with Gasteiger partial charge in [-0.1, -0.05) is 49.6 Å². The molecule has 1 aromatic carbocycles. The van der Waals surface area contributed by atoms with Gasteiger partial charge in [0.25, 0.3) is 0 Å². The first kappa shape index (κ1) is 13.6. The average molecular weight is 247 g/mol. The molecule has 2 heteroatoms. The van der Waals surface area contributed by atoms with Gasteiger partial charge in [-0.25, -0.2) is 0 Å². The summed E-state index contributed by atoms with van der Waals surface area (Å²) >= 11 is 0. The van der Waals surface area contributed by atoms with Crippen LogP contribution in [0.4, 0.5) is 0 Å². The summed E-state index contributed by atoms with van der Waals surface area (Å²) in [5, 5.41) is 3.51. The number of hydrogen-bond acceptors (Lipinski definition) is 2. The van der Waals surface area contributed by atoms with Crippen molar-refractivity contribution in [1.82, 2.24) is 5.32 Å². The van der Waals surface area contributed by atoms with Crippen LogP contribution in [0.5, 0.6) is 0 Å². The maximum atomic E-state index is 5.97. The van der Waals surface area contributed by atoms with Crippen LogP contribution in [-0.2, 0) is 11.3 Å². The van der Waals surface area contributed by atoms with E-state index in [9.17, 15) is 0 Å². The topological polar surface area (TPSA) is 21.3 Å². The summed E-state index contributed by atoms with van der Waals surface area (Å²) in [7, 11) is 0. The van der Waals surface area contributed by atoms with Gasteiger partial charge in [-0.2, -0.15) is 0 Å². The van der Waals surface area contributed by atoms with Gasteiger partial charge in [0.05, 0.1) is 12.7 Å². The Kier molecular flexibility index (Phi) is 5.69. The maximum absolute atomic E-state index is 5.97. The van der Waals surface area contributed by atoms with Gasteiger partial charge >= 0.3 is 0 Å². The molecule has 0 bridgehead atoms. The molecule has 2 rings (SSSR count). The monoisotopic (exact) mass is 247 g/mol. The second-order valence-electron chi connectivity index (χ2n) is 5.36. The lowest BCUT2D eigenvalue weighted by Gasteiger charge is -2.24. The molecule has 18 heavy (non-hydrogen) atoms. The van der Waals surface area contributed by atoms with Crippen molar-refractivity contribution in [2.24, 2.45) is 0 Å². The van der Waals surface area contributed by atoms with Gasteiger partial charge in [-0.15, -0.1) is 0 Å². The van der Waals surface area contributed by atoms with Crippen LogP contribution in [-0.4, -0.2) is 18.8 Å². The highest BCUT2D eigenvalue weighted by Crippen LogP contribution is 2.20. The van der Waals surface area contributed by atoms with E-state index < -0.39 is 0 Å². The zero-order valence-electron chi connectivity index (χ0n) is 11.4. The van der Waals surface area contributed by atoms with Gasteiger partial charge in [-0.05, 0) is 25.3 Å². The summed E-state index contributed by atoms with van der Waals surface area (Å²) in [6, 6.07) is 11.0. The molecule has 1 aliphatic carbocycles. The van der Waals surface area contributed by atoms with Crippen molar-refractivity contribution >= 4 is 0 Å². The van der Waals surface area contributed by atoms with Crippen LogP contribution >= 0.6 is 0 Å². The van der Waals surface area contributed by atoms with E-state index in [0.717, 1.165) is 13.2 Å². The number of ether oxygens (including phenoxy) is 1. The average Bonchev–Trinajstić information content (AvgIpc) is 2.45. The third-order valence-corrected chi connectivity index (χ3v) is 3.63. The molecule has 0 spiro atoms. The minimum absolute atomic E-state index is 0.423. The van der Waals surface area contributed by atoms with E-state index in [1.54, 1.807) is 0 Å². The fourth-order valence-electron chi connectivity index (χ4n) is 2.46. The van der Waals surface area contributed by atoms with Crippen molar-refractivity contribution in [2.45, 2.75) is 57.7 Å². The van der Waals surface area contributed by atoms with E-state index in [0.29, 0.717) is 12.1 Å². The van der Waals surface area contributed by atoms with Gasteiger partial charge in [0.2, 0.25) is 0 Å². The van der Waals surface area contributed by atoms with Gasteiger partial charge in [0.15, 0.2) is 0 Å². The molecule has 0 radical (unpaired) electrons. The molecule has 1 fully saturated rings. The van der Waals surface area contributed by atoms with Crippen LogP contribution < -0.4 is 5.32 Å². The molecule has 1 N–H and O–H groups in total. The molecule has 0 heterocycles. The Labute approximate surface area is 111 Å². The molecule has 2 nitrogen and oxygen atoms in total. The zero-order valence-corrected chi connectivity index (χ0v) is 11.4. The van der Waals surface area contributed by atoms with E-state index in [1.165, 1.54) is 37.7 Å². The van der Waals surface area contributed by atoms with E-state index in [-0.39, 0.29) is 0 Å². The number of nitrogens with one attached hydrogen (secondary N) is 1.